The maximum atomic E-state index is 5.27. The van der Waals surface area contributed by atoms with Gasteiger partial charge >= 0.3 is 0 Å². The van der Waals surface area contributed by atoms with E-state index in [1.807, 2.05) is 25.1 Å². The van der Waals surface area contributed by atoms with Crippen molar-refractivity contribution in [2.75, 3.05) is 38.2 Å². The van der Waals surface area contributed by atoms with Crippen molar-refractivity contribution in [3.63, 3.8) is 0 Å². The lowest BCUT2D eigenvalue weighted by molar-refractivity contribution is 0.239. The summed E-state index contributed by atoms with van der Waals surface area (Å²) in [5.74, 6) is 3.24. The van der Waals surface area contributed by atoms with E-state index in [2.05, 4.69) is 32.1 Å². The molecule has 0 aliphatic carbocycles. The molecule has 0 unspecified atom stereocenters. The van der Waals surface area contributed by atoms with Crippen LogP contribution in [-0.4, -0.2) is 53.3 Å². The smallest absolute Gasteiger partial charge is 0.223 e. The van der Waals surface area contributed by atoms with Gasteiger partial charge in [-0.25, -0.2) is 4.98 Å². The summed E-state index contributed by atoms with van der Waals surface area (Å²) in [4.78, 5) is 13.7. The summed E-state index contributed by atoms with van der Waals surface area (Å²) in [7, 11) is 1.68. The Morgan fingerprint density at radius 3 is 2.64 bits per heavy atom. The lowest BCUT2D eigenvalue weighted by Crippen LogP contribution is -2.46. The number of methoxy groups -OCH3 is 1. The van der Waals surface area contributed by atoms with E-state index in [0.29, 0.717) is 5.89 Å². The Hall–Kier alpha value is -2.67. The number of benzene rings is 1. The second-order valence-electron chi connectivity index (χ2n) is 6.22. The molecule has 0 spiro atoms. The lowest BCUT2D eigenvalue weighted by Gasteiger charge is -2.34. The number of hydrogen-bond donors (Lipinski definition) is 0. The minimum absolute atomic E-state index is 0.616. The molecule has 1 aromatic carbocycles. The van der Waals surface area contributed by atoms with Crippen molar-refractivity contribution in [3.05, 3.63) is 42.0 Å². The number of piperazine rings is 1. The molecule has 1 aliphatic rings. The highest BCUT2D eigenvalue weighted by Gasteiger charge is 2.19. The minimum atomic E-state index is 0.616. The summed E-state index contributed by atoms with van der Waals surface area (Å²) < 4.78 is 10.3. The fourth-order valence-corrected chi connectivity index (χ4v) is 3.14. The zero-order chi connectivity index (χ0) is 17.2. The molecule has 25 heavy (non-hydrogen) atoms. The highest BCUT2D eigenvalue weighted by molar-refractivity contribution is 5.81. The van der Waals surface area contributed by atoms with Crippen molar-refractivity contribution in [1.29, 1.82) is 0 Å². The summed E-state index contributed by atoms with van der Waals surface area (Å²) in [6.07, 6.45) is 0. The molecular weight excluding hydrogens is 318 g/mol. The molecular formula is C18H21N5O2. The molecule has 0 saturated carbocycles. The van der Waals surface area contributed by atoms with Gasteiger partial charge in [-0.15, -0.1) is 0 Å². The molecule has 4 rings (SSSR count). The van der Waals surface area contributed by atoms with Crippen molar-refractivity contribution >= 4 is 16.7 Å². The maximum Gasteiger partial charge on any atom is 0.223 e. The molecule has 3 aromatic rings. The number of ether oxygens (including phenoxy) is 1. The van der Waals surface area contributed by atoms with Crippen LogP contribution in [0.5, 0.6) is 5.75 Å². The third-order valence-corrected chi connectivity index (χ3v) is 4.51. The summed E-state index contributed by atoms with van der Waals surface area (Å²) in [6.45, 7) is 6.33. The SMILES string of the molecule is COc1ccc2nc(N3CCN(Cc4noc(C)n4)CC3)ccc2c1. The van der Waals surface area contributed by atoms with E-state index in [-0.39, 0.29) is 0 Å². The number of pyridine rings is 1. The number of hydrogen-bond acceptors (Lipinski definition) is 7. The first-order valence-electron chi connectivity index (χ1n) is 8.42. The third-order valence-electron chi connectivity index (χ3n) is 4.51. The maximum absolute atomic E-state index is 5.27. The first-order chi connectivity index (χ1) is 12.2. The van der Waals surface area contributed by atoms with Crippen LogP contribution in [-0.2, 0) is 6.54 Å². The molecule has 3 heterocycles. The van der Waals surface area contributed by atoms with Crippen LogP contribution in [0.15, 0.2) is 34.9 Å². The largest absolute Gasteiger partial charge is 0.497 e. The Morgan fingerprint density at radius 1 is 1.08 bits per heavy atom. The molecule has 1 saturated heterocycles. The number of fused-ring (bicyclic) bond motifs is 1. The molecule has 0 amide bonds. The predicted molar refractivity (Wildman–Crippen MR) is 94.8 cm³/mol. The van der Waals surface area contributed by atoms with Crippen LogP contribution in [0.2, 0.25) is 0 Å². The van der Waals surface area contributed by atoms with Crippen LogP contribution in [0.3, 0.4) is 0 Å². The Balaban J connectivity index is 1.42. The number of nitrogens with zero attached hydrogens (tertiary/aromatic N) is 5. The molecule has 0 bridgehead atoms. The Kier molecular flexibility index (Phi) is 4.23. The second-order valence-corrected chi connectivity index (χ2v) is 6.22. The van der Waals surface area contributed by atoms with Crippen LogP contribution < -0.4 is 9.64 Å². The van der Waals surface area contributed by atoms with Gasteiger partial charge in [-0.3, -0.25) is 4.90 Å². The van der Waals surface area contributed by atoms with Crippen LogP contribution in [0.1, 0.15) is 11.7 Å². The van der Waals surface area contributed by atoms with Gasteiger partial charge in [0.05, 0.1) is 19.2 Å². The fourth-order valence-electron chi connectivity index (χ4n) is 3.14. The number of rotatable bonds is 4. The third kappa shape index (κ3) is 3.41. The molecule has 130 valence electrons. The molecule has 7 nitrogen and oxygen atoms in total. The van der Waals surface area contributed by atoms with Crippen LogP contribution in [0.25, 0.3) is 10.9 Å². The van der Waals surface area contributed by atoms with Gasteiger partial charge in [-0.05, 0) is 30.3 Å². The van der Waals surface area contributed by atoms with Gasteiger partial charge in [0.15, 0.2) is 5.82 Å². The van der Waals surface area contributed by atoms with Gasteiger partial charge in [0, 0.05) is 38.5 Å². The summed E-state index contributed by atoms with van der Waals surface area (Å²) in [5, 5.41) is 5.06. The van der Waals surface area contributed by atoms with Gasteiger partial charge in [-0.1, -0.05) is 5.16 Å². The average molecular weight is 339 g/mol. The van der Waals surface area contributed by atoms with E-state index >= 15 is 0 Å². The van der Waals surface area contributed by atoms with Crippen LogP contribution >= 0.6 is 0 Å². The zero-order valence-electron chi connectivity index (χ0n) is 14.5. The summed E-state index contributed by atoms with van der Waals surface area (Å²) in [6, 6.07) is 10.2. The standard InChI is InChI=1S/C18H21N5O2/c1-13-19-17(21-25-13)12-22-7-9-23(10-8-22)18-6-3-14-11-15(24-2)4-5-16(14)20-18/h3-6,11H,7-10,12H2,1-2H3. The fraction of sp³-hybridized carbons (Fsp3) is 0.389. The quantitative estimate of drug-likeness (QED) is 0.722. The van der Waals surface area contributed by atoms with E-state index in [4.69, 9.17) is 14.2 Å². The molecule has 1 aliphatic heterocycles. The van der Waals surface area contributed by atoms with Crippen molar-refractivity contribution in [2.45, 2.75) is 13.5 Å². The zero-order valence-corrected chi connectivity index (χ0v) is 14.5. The van der Waals surface area contributed by atoms with Crippen molar-refractivity contribution in [1.82, 2.24) is 20.0 Å². The van der Waals surface area contributed by atoms with Gasteiger partial charge in [0.1, 0.15) is 11.6 Å². The van der Waals surface area contributed by atoms with E-state index in [1.165, 1.54) is 0 Å². The molecule has 2 aromatic heterocycles. The normalized spacial score (nSPS) is 15.7. The average Bonchev–Trinajstić information content (AvgIpc) is 3.06. The van der Waals surface area contributed by atoms with Gasteiger partial charge < -0.3 is 14.2 Å². The van der Waals surface area contributed by atoms with E-state index in [1.54, 1.807) is 7.11 Å². The topological polar surface area (TPSA) is 67.5 Å². The predicted octanol–water partition coefficient (Wildman–Crippen LogP) is 2.26. The monoisotopic (exact) mass is 339 g/mol. The van der Waals surface area contributed by atoms with Gasteiger partial charge in [0.2, 0.25) is 5.89 Å². The summed E-state index contributed by atoms with van der Waals surface area (Å²) in [5.41, 5.74) is 0.989. The van der Waals surface area contributed by atoms with Gasteiger partial charge in [0.25, 0.3) is 0 Å². The number of aryl methyl sites for hydroxylation is 1. The highest BCUT2D eigenvalue weighted by atomic mass is 16.5. The van der Waals surface area contributed by atoms with E-state index in [9.17, 15) is 0 Å². The Morgan fingerprint density at radius 2 is 1.92 bits per heavy atom. The highest BCUT2D eigenvalue weighted by Crippen LogP contribution is 2.23. The first kappa shape index (κ1) is 15.8. The van der Waals surface area contributed by atoms with Gasteiger partial charge in [-0.2, -0.15) is 4.98 Å². The summed E-state index contributed by atoms with van der Waals surface area (Å²) >= 11 is 0. The van der Waals surface area contributed by atoms with Crippen molar-refractivity contribution < 1.29 is 9.26 Å². The minimum Gasteiger partial charge on any atom is -0.497 e. The van der Waals surface area contributed by atoms with Crippen molar-refractivity contribution in [3.8, 4) is 5.75 Å². The molecule has 0 N–H and O–H groups in total. The van der Waals surface area contributed by atoms with E-state index in [0.717, 1.165) is 61.0 Å². The Bertz CT molecular complexity index is 871. The second kappa shape index (κ2) is 6.68. The Labute approximate surface area is 146 Å². The number of anilines is 1. The molecule has 0 atom stereocenters. The molecule has 0 radical (unpaired) electrons. The van der Waals surface area contributed by atoms with Crippen LogP contribution in [0.4, 0.5) is 5.82 Å². The lowest BCUT2D eigenvalue weighted by atomic mass is 10.2. The molecule has 1 fully saturated rings. The van der Waals surface area contributed by atoms with E-state index < -0.39 is 0 Å². The van der Waals surface area contributed by atoms with Crippen molar-refractivity contribution in [2.24, 2.45) is 0 Å². The molecule has 7 heteroatoms. The number of aromatic nitrogens is 3. The first-order valence-corrected chi connectivity index (χ1v) is 8.42. The van der Waals surface area contributed by atoms with Crippen LogP contribution in [0, 0.1) is 6.92 Å².